The molecule has 6 nitrogen and oxygen atoms in total. The van der Waals surface area contributed by atoms with Gasteiger partial charge in [0.05, 0.1) is 16.7 Å². The molecule has 1 aliphatic carbocycles. The number of hydrogen-bond donors (Lipinski definition) is 4. The van der Waals surface area contributed by atoms with Crippen molar-refractivity contribution in [2.45, 2.75) is 82.0 Å². The van der Waals surface area contributed by atoms with Gasteiger partial charge in [0.2, 0.25) is 11.8 Å². The van der Waals surface area contributed by atoms with Crippen LogP contribution in [-0.2, 0) is 15.0 Å². The highest BCUT2D eigenvalue weighted by Gasteiger charge is 2.66. The van der Waals surface area contributed by atoms with Crippen molar-refractivity contribution in [3.8, 4) is 0 Å². The molecule has 1 saturated heterocycles. The largest absolute Gasteiger partial charge is 0.390 e. The molecule has 2 fully saturated rings. The first kappa shape index (κ1) is 26.1. The molecule has 5 rings (SSSR count). The first-order valence-electron chi connectivity index (χ1n) is 12.6. The molecule has 0 aromatic heterocycles. The van der Waals surface area contributed by atoms with Crippen molar-refractivity contribution in [1.82, 2.24) is 10.6 Å². The van der Waals surface area contributed by atoms with E-state index in [4.69, 9.17) is 11.6 Å². The maximum atomic E-state index is 15.7. The van der Waals surface area contributed by atoms with Crippen molar-refractivity contribution >= 4 is 29.1 Å². The van der Waals surface area contributed by atoms with Gasteiger partial charge in [-0.25, -0.2) is 8.78 Å². The van der Waals surface area contributed by atoms with Crippen LogP contribution < -0.4 is 16.0 Å². The van der Waals surface area contributed by atoms with Crippen LogP contribution in [0.15, 0.2) is 36.4 Å². The highest BCUT2D eigenvalue weighted by atomic mass is 35.5. The summed E-state index contributed by atoms with van der Waals surface area (Å²) in [5, 5.41) is 19.2. The molecule has 2 aliphatic heterocycles. The van der Waals surface area contributed by atoms with Gasteiger partial charge in [-0.3, -0.25) is 9.59 Å². The monoisotopic (exact) mass is 531 g/mol. The minimum atomic E-state index is -1.39. The number of halogens is 3. The normalized spacial score (nSPS) is 32.7. The Morgan fingerprint density at radius 1 is 1.22 bits per heavy atom. The van der Waals surface area contributed by atoms with E-state index >= 15 is 4.39 Å². The smallest absolute Gasteiger partial charge is 0.238 e. The summed E-state index contributed by atoms with van der Waals surface area (Å²) < 4.78 is 29.9. The molecule has 1 spiro atoms. The third-order valence-electron chi connectivity index (χ3n) is 7.94. The first-order chi connectivity index (χ1) is 17.2. The zero-order valence-corrected chi connectivity index (χ0v) is 22.0. The maximum Gasteiger partial charge on any atom is 0.238 e. The molecule has 2 aromatic rings. The second-order valence-electron chi connectivity index (χ2n) is 12.2. The van der Waals surface area contributed by atoms with Crippen molar-refractivity contribution < 1.29 is 23.5 Å². The van der Waals surface area contributed by atoms with Gasteiger partial charge in [0.15, 0.2) is 0 Å². The summed E-state index contributed by atoms with van der Waals surface area (Å²) in [5.74, 6) is -2.97. The molecular formula is C28H32ClF2N3O3. The zero-order chi connectivity index (χ0) is 26.9. The molecular weight excluding hydrogens is 500 g/mol. The van der Waals surface area contributed by atoms with E-state index in [0.29, 0.717) is 30.5 Å². The summed E-state index contributed by atoms with van der Waals surface area (Å²) in [6, 6.07) is 6.89. The van der Waals surface area contributed by atoms with E-state index in [9.17, 15) is 19.1 Å². The summed E-state index contributed by atoms with van der Waals surface area (Å²) in [6.45, 7) is 7.79. The molecule has 0 radical (unpaired) electrons. The van der Waals surface area contributed by atoms with Gasteiger partial charge in [-0.2, -0.15) is 0 Å². The van der Waals surface area contributed by atoms with Crippen molar-refractivity contribution in [1.29, 1.82) is 0 Å². The average Bonchev–Trinajstić information content (AvgIpc) is 3.23. The van der Waals surface area contributed by atoms with Crippen molar-refractivity contribution in [2.24, 2.45) is 5.41 Å². The first-order valence-corrected chi connectivity index (χ1v) is 12.9. The SMILES string of the molecule is CC(C)(C)C[C@H]1NC(C(=O)NC2CC(C)(O)C2)[C@H](c2cccc(Cl)c2F)[C@@]12C(=O)Nc1cc(F)ccc12. The Bertz CT molecular complexity index is 1270. The number of rotatable bonds is 4. The van der Waals surface area contributed by atoms with E-state index in [1.54, 1.807) is 25.1 Å². The number of anilines is 1. The number of nitrogens with one attached hydrogen (secondary N) is 3. The second-order valence-corrected chi connectivity index (χ2v) is 12.6. The van der Waals surface area contributed by atoms with Crippen LogP contribution in [0.3, 0.4) is 0 Å². The van der Waals surface area contributed by atoms with Crippen LogP contribution >= 0.6 is 11.6 Å². The summed E-state index contributed by atoms with van der Waals surface area (Å²) >= 11 is 6.19. The second kappa shape index (κ2) is 8.75. The van der Waals surface area contributed by atoms with Gasteiger partial charge in [0.1, 0.15) is 17.0 Å². The van der Waals surface area contributed by atoms with Gasteiger partial charge in [-0.1, -0.05) is 50.6 Å². The molecule has 1 saturated carbocycles. The lowest BCUT2D eigenvalue weighted by Crippen LogP contribution is -2.57. The fourth-order valence-electron chi connectivity index (χ4n) is 6.55. The summed E-state index contributed by atoms with van der Waals surface area (Å²) in [6.07, 6.45) is 1.29. The number of aliphatic hydroxyl groups is 1. The third kappa shape index (κ3) is 4.33. The summed E-state index contributed by atoms with van der Waals surface area (Å²) in [5.41, 5.74) is -1.52. The molecule has 4 N–H and O–H groups in total. The Hall–Kier alpha value is -2.55. The number of hydrogen-bond acceptors (Lipinski definition) is 4. The van der Waals surface area contributed by atoms with Crippen molar-refractivity contribution in [2.75, 3.05) is 5.32 Å². The molecule has 2 amide bonds. The van der Waals surface area contributed by atoms with E-state index in [-0.39, 0.29) is 28.0 Å². The van der Waals surface area contributed by atoms with E-state index in [0.717, 1.165) is 0 Å². The predicted octanol–water partition coefficient (Wildman–Crippen LogP) is 4.40. The van der Waals surface area contributed by atoms with Crippen LogP contribution in [0, 0.1) is 17.0 Å². The highest BCUT2D eigenvalue weighted by Crippen LogP contribution is 2.57. The molecule has 37 heavy (non-hydrogen) atoms. The Morgan fingerprint density at radius 3 is 2.57 bits per heavy atom. The predicted molar refractivity (Wildman–Crippen MR) is 137 cm³/mol. The number of carbonyl (C=O) groups is 2. The Balaban J connectivity index is 1.69. The van der Waals surface area contributed by atoms with Crippen LogP contribution in [-0.4, -0.2) is 40.6 Å². The highest BCUT2D eigenvalue weighted by molar-refractivity contribution is 6.30. The van der Waals surface area contributed by atoms with Crippen LogP contribution in [0.1, 0.15) is 64.0 Å². The number of carbonyl (C=O) groups excluding carboxylic acids is 2. The fourth-order valence-corrected chi connectivity index (χ4v) is 6.73. The quantitative estimate of drug-likeness (QED) is 0.471. The van der Waals surface area contributed by atoms with Gasteiger partial charge in [0, 0.05) is 23.7 Å². The van der Waals surface area contributed by atoms with Gasteiger partial charge in [-0.15, -0.1) is 0 Å². The van der Waals surface area contributed by atoms with Gasteiger partial charge < -0.3 is 21.1 Å². The summed E-state index contributed by atoms with van der Waals surface area (Å²) in [4.78, 5) is 27.8. The molecule has 2 aromatic carbocycles. The Kier molecular flexibility index (Phi) is 6.17. The van der Waals surface area contributed by atoms with E-state index < -0.39 is 46.6 Å². The molecule has 3 aliphatic rings. The summed E-state index contributed by atoms with van der Waals surface area (Å²) in [7, 11) is 0. The minimum absolute atomic E-state index is 0.112. The van der Waals surface area contributed by atoms with Crippen molar-refractivity contribution in [3.05, 3.63) is 64.2 Å². The van der Waals surface area contributed by atoms with E-state index in [1.807, 2.05) is 20.8 Å². The lowest BCUT2D eigenvalue weighted by molar-refractivity contribution is -0.127. The Morgan fingerprint density at radius 2 is 1.92 bits per heavy atom. The van der Waals surface area contributed by atoms with Gasteiger partial charge >= 0.3 is 0 Å². The molecule has 0 bridgehead atoms. The van der Waals surface area contributed by atoms with Crippen molar-refractivity contribution in [3.63, 3.8) is 0 Å². The zero-order valence-electron chi connectivity index (χ0n) is 21.3. The van der Waals surface area contributed by atoms with Crippen LogP contribution in [0.25, 0.3) is 0 Å². The van der Waals surface area contributed by atoms with Crippen LogP contribution in [0.5, 0.6) is 0 Å². The van der Waals surface area contributed by atoms with E-state index in [1.165, 1.54) is 18.2 Å². The lowest BCUT2D eigenvalue weighted by atomic mass is 9.62. The van der Waals surface area contributed by atoms with Crippen LogP contribution in [0.4, 0.5) is 14.5 Å². The molecule has 9 heteroatoms. The third-order valence-corrected chi connectivity index (χ3v) is 8.23. The number of benzene rings is 2. The number of fused-ring (bicyclic) bond motifs is 2. The van der Waals surface area contributed by atoms with Gasteiger partial charge in [-0.05, 0) is 60.9 Å². The number of amides is 2. The van der Waals surface area contributed by atoms with Crippen LogP contribution in [0.2, 0.25) is 5.02 Å². The topological polar surface area (TPSA) is 90.5 Å². The Labute approximate surface area is 220 Å². The molecule has 198 valence electrons. The minimum Gasteiger partial charge on any atom is -0.390 e. The fraction of sp³-hybridized carbons (Fsp3) is 0.500. The standard InChI is InChI=1S/C28H32ClF2N3O3/c1-26(2,3)13-20-28(17-9-8-14(30)10-19(17)33-25(28)36)21(16-6-5-7-18(29)22(16)31)23(34-20)24(35)32-15-11-27(4,37)12-15/h5-10,15,20-21,23,34,37H,11-13H2,1-4H3,(H,32,35)(H,33,36)/t15?,20-,21+,23?,27?,28+/m1/s1. The lowest BCUT2D eigenvalue weighted by Gasteiger charge is -2.42. The molecule has 1 unspecified atom stereocenters. The maximum absolute atomic E-state index is 15.7. The molecule has 4 atom stereocenters. The van der Waals surface area contributed by atoms with E-state index in [2.05, 4.69) is 16.0 Å². The molecule has 2 heterocycles. The van der Waals surface area contributed by atoms with Gasteiger partial charge in [0.25, 0.3) is 0 Å². The average molecular weight is 532 g/mol.